The lowest BCUT2D eigenvalue weighted by Crippen LogP contribution is -2.18. The van der Waals surface area contributed by atoms with Crippen molar-refractivity contribution in [3.8, 4) is 0 Å². The Morgan fingerprint density at radius 3 is 2.93 bits per heavy atom. The minimum atomic E-state index is -0.248. The molecule has 1 saturated heterocycles. The van der Waals surface area contributed by atoms with Crippen LogP contribution in [0, 0.1) is 6.92 Å². The summed E-state index contributed by atoms with van der Waals surface area (Å²) < 4.78 is 2.08. The predicted octanol–water partition coefficient (Wildman–Crippen LogP) is 0.00172. The zero-order valence-corrected chi connectivity index (χ0v) is 8.56. The molecule has 0 aliphatic carbocycles. The lowest BCUT2D eigenvalue weighted by Gasteiger charge is -2.11. The molecule has 5 heteroatoms. The third-order valence-electron chi connectivity index (χ3n) is 2.70. The maximum absolute atomic E-state index is 9.41. The van der Waals surface area contributed by atoms with Gasteiger partial charge in [0.2, 0.25) is 0 Å². The van der Waals surface area contributed by atoms with Crippen molar-refractivity contribution >= 4 is 0 Å². The number of hydrogen-bond acceptors (Lipinski definition) is 4. The molecule has 0 radical (unpaired) electrons. The second-order valence-electron chi connectivity index (χ2n) is 3.70. The average molecular weight is 196 g/mol. The standard InChI is InChI=1S/C9H16N4O/c1-3-13-6(2)11-12-9(13)8-4-7(14)5-10-8/h7-8,10,14H,3-5H2,1-2H3/t7-,8-/m1/s1. The van der Waals surface area contributed by atoms with Crippen LogP contribution in [0.2, 0.25) is 0 Å². The van der Waals surface area contributed by atoms with E-state index in [1.807, 2.05) is 6.92 Å². The van der Waals surface area contributed by atoms with Crippen molar-refractivity contribution in [3.05, 3.63) is 11.6 Å². The van der Waals surface area contributed by atoms with Gasteiger partial charge in [0.25, 0.3) is 0 Å². The van der Waals surface area contributed by atoms with Gasteiger partial charge in [-0.05, 0) is 20.3 Å². The molecule has 2 atom stereocenters. The van der Waals surface area contributed by atoms with Gasteiger partial charge in [0.1, 0.15) is 11.6 Å². The van der Waals surface area contributed by atoms with Crippen LogP contribution < -0.4 is 5.32 Å². The van der Waals surface area contributed by atoms with E-state index < -0.39 is 0 Å². The molecule has 0 unspecified atom stereocenters. The summed E-state index contributed by atoms with van der Waals surface area (Å²) in [5.41, 5.74) is 0. The first-order valence-corrected chi connectivity index (χ1v) is 5.03. The van der Waals surface area contributed by atoms with Gasteiger partial charge in [0.05, 0.1) is 12.1 Å². The van der Waals surface area contributed by atoms with Gasteiger partial charge in [0, 0.05) is 13.1 Å². The first-order chi connectivity index (χ1) is 6.72. The van der Waals surface area contributed by atoms with E-state index in [-0.39, 0.29) is 12.1 Å². The van der Waals surface area contributed by atoms with E-state index in [1.54, 1.807) is 0 Å². The molecule has 1 fully saturated rings. The molecule has 0 amide bonds. The fraction of sp³-hybridized carbons (Fsp3) is 0.778. The Balaban J connectivity index is 2.23. The summed E-state index contributed by atoms with van der Waals surface area (Å²) in [6, 6.07) is 0.158. The second-order valence-corrected chi connectivity index (χ2v) is 3.70. The van der Waals surface area contributed by atoms with Gasteiger partial charge in [-0.2, -0.15) is 0 Å². The maximum atomic E-state index is 9.41. The van der Waals surface area contributed by atoms with Crippen molar-refractivity contribution < 1.29 is 5.11 Å². The van der Waals surface area contributed by atoms with Gasteiger partial charge in [0.15, 0.2) is 0 Å². The minimum Gasteiger partial charge on any atom is -0.392 e. The summed E-state index contributed by atoms with van der Waals surface area (Å²) in [4.78, 5) is 0. The van der Waals surface area contributed by atoms with E-state index in [1.165, 1.54) is 0 Å². The quantitative estimate of drug-likeness (QED) is 0.699. The van der Waals surface area contributed by atoms with Gasteiger partial charge in [-0.15, -0.1) is 10.2 Å². The highest BCUT2D eigenvalue weighted by atomic mass is 16.3. The molecule has 2 N–H and O–H groups in total. The monoisotopic (exact) mass is 196 g/mol. The minimum absolute atomic E-state index is 0.158. The third kappa shape index (κ3) is 1.53. The molecule has 0 bridgehead atoms. The Morgan fingerprint density at radius 2 is 2.36 bits per heavy atom. The molecule has 0 aromatic carbocycles. The van der Waals surface area contributed by atoms with Crippen LogP contribution in [0.4, 0.5) is 0 Å². The van der Waals surface area contributed by atoms with Crippen LogP contribution in [-0.4, -0.2) is 32.5 Å². The summed E-state index contributed by atoms with van der Waals surface area (Å²) in [5.74, 6) is 1.88. The summed E-state index contributed by atoms with van der Waals surface area (Å²) in [5, 5.41) is 20.8. The molecule has 14 heavy (non-hydrogen) atoms. The Labute approximate surface area is 83.2 Å². The smallest absolute Gasteiger partial charge is 0.150 e. The fourth-order valence-corrected chi connectivity index (χ4v) is 1.96. The first-order valence-electron chi connectivity index (χ1n) is 5.03. The van der Waals surface area contributed by atoms with Crippen molar-refractivity contribution in [2.45, 2.75) is 39.0 Å². The van der Waals surface area contributed by atoms with Crippen LogP contribution in [0.3, 0.4) is 0 Å². The maximum Gasteiger partial charge on any atom is 0.150 e. The highest BCUT2D eigenvalue weighted by Crippen LogP contribution is 2.22. The van der Waals surface area contributed by atoms with Gasteiger partial charge >= 0.3 is 0 Å². The van der Waals surface area contributed by atoms with Crippen LogP contribution in [-0.2, 0) is 6.54 Å². The average Bonchev–Trinajstić information content (AvgIpc) is 2.71. The molecule has 5 nitrogen and oxygen atoms in total. The zero-order valence-electron chi connectivity index (χ0n) is 8.56. The van der Waals surface area contributed by atoms with Crippen LogP contribution in [0.1, 0.15) is 31.0 Å². The summed E-state index contributed by atoms with van der Waals surface area (Å²) in [6.07, 6.45) is 0.486. The van der Waals surface area contributed by atoms with Crippen molar-refractivity contribution in [2.24, 2.45) is 0 Å². The van der Waals surface area contributed by atoms with E-state index in [0.29, 0.717) is 6.54 Å². The fourth-order valence-electron chi connectivity index (χ4n) is 1.96. The number of aryl methyl sites for hydroxylation is 1. The largest absolute Gasteiger partial charge is 0.392 e. The zero-order chi connectivity index (χ0) is 10.1. The first kappa shape index (κ1) is 9.61. The Hall–Kier alpha value is -0.940. The molecule has 1 aliphatic heterocycles. The number of nitrogens with zero attached hydrogens (tertiary/aromatic N) is 3. The summed E-state index contributed by atoms with van der Waals surface area (Å²) >= 11 is 0. The normalized spacial score (nSPS) is 27.1. The Morgan fingerprint density at radius 1 is 1.57 bits per heavy atom. The molecule has 1 aliphatic rings. The van der Waals surface area contributed by atoms with Crippen molar-refractivity contribution in [1.82, 2.24) is 20.1 Å². The van der Waals surface area contributed by atoms with Crippen LogP contribution >= 0.6 is 0 Å². The second kappa shape index (κ2) is 3.67. The van der Waals surface area contributed by atoms with Crippen molar-refractivity contribution in [2.75, 3.05) is 6.54 Å². The van der Waals surface area contributed by atoms with Crippen LogP contribution in [0.5, 0.6) is 0 Å². The Bertz CT molecular complexity index is 323. The number of aromatic nitrogens is 3. The topological polar surface area (TPSA) is 63.0 Å². The molecule has 2 heterocycles. The molecule has 0 saturated carbocycles. The molecule has 1 aromatic heterocycles. The van der Waals surface area contributed by atoms with E-state index in [2.05, 4.69) is 27.0 Å². The number of hydrogen-bond donors (Lipinski definition) is 2. The molecule has 2 rings (SSSR count). The van der Waals surface area contributed by atoms with Crippen molar-refractivity contribution in [3.63, 3.8) is 0 Å². The number of β-amino-alcohol motifs (C(OH)–C–C–N with tert-alkyl or cyclic N) is 1. The molecule has 1 aromatic rings. The molecular formula is C9H16N4O. The SMILES string of the molecule is CCn1c(C)nnc1[C@H]1C[C@@H](O)CN1. The van der Waals surface area contributed by atoms with Gasteiger partial charge in [-0.1, -0.05) is 0 Å². The van der Waals surface area contributed by atoms with E-state index in [9.17, 15) is 5.11 Å². The number of aliphatic hydroxyl groups is 1. The molecule has 78 valence electrons. The van der Waals surface area contributed by atoms with Gasteiger partial charge < -0.3 is 15.0 Å². The predicted molar refractivity (Wildman–Crippen MR) is 51.8 cm³/mol. The molecular weight excluding hydrogens is 180 g/mol. The highest BCUT2D eigenvalue weighted by molar-refractivity contribution is 5.03. The van der Waals surface area contributed by atoms with E-state index in [4.69, 9.17) is 0 Å². The third-order valence-corrected chi connectivity index (χ3v) is 2.70. The number of nitrogens with one attached hydrogen (secondary N) is 1. The van der Waals surface area contributed by atoms with Gasteiger partial charge in [-0.25, -0.2) is 0 Å². The van der Waals surface area contributed by atoms with E-state index in [0.717, 1.165) is 24.6 Å². The van der Waals surface area contributed by atoms with Gasteiger partial charge in [-0.3, -0.25) is 0 Å². The van der Waals surface area contributed by atoms with E-state index >= 15 is 0 Å². The van der Waals surface area contributed by atoms with Crippen LogP contribution in [0.15, 0.2) is 0 Å². The highest BCUT2D eigenvalue weighted by Gasteiger charge is 2.27. The lowest BCUT2D eigenvalue weighted by molar-refractivity contribution is 0.192. The summed E-state index contributed by atoms with van der Waals surface area (Å²) in [6.45, 7) is 5.55. The molecule has 0 spiro atoms. The van der Waals surface area contributed by atoms with Crippen molar-refractivity contribution in [1.29, 1.82) is 0 Å². The number of aliphatic hydroxyl groups excluding tert-OH is 1. The Kier molecular flexibility index (Phi) is 2.52. The van der Waals surface area contributed by atoms with Crippen LogP contribution in [0.25, 0.3) is 0 Å². The lowest BCUT2D eigenvalue weighted by atomic mass is 10.2. The summed E-state index contributed by atoms with van der Waals surface area (Å²) in [7, 11) is 0. The number of rotatable bonds is 2.